The van der Waals surface area contributed by atoms with Gasteiger partial charge in [0.1, 0.15) is 12.2 Å². The molecule has 0 aliphatic heterocycles. The Bertz CT molecular complexity index is 1210. The van der Waals surface area contributed by atoms with Gasteiger partial charge in [-0.2, -0.15) is 0 Å². The first kappa shape index (κ1) is 35.5. The van der Waals surface area contributed by atoms with Crippen LogP contribution in [-0.4, -0.2) is 48.5 Å². The summed E-state index contributed by atoms with van der Waals surface area (Å²) < 4.78 is 21.6. The molecule has 0 heterocycles. The highest BCUT2D eigenvalue weighted by molar-refractivity contribution is 6.70. The average molecular weight is 672 g/mol. The topological polar surface area (TPSA) is 49.3 Å². The van der Waals surface area contributed by atoms with Gasteiger partial charge in [0.05, 0.1) is 5.71 Å². The van der Waals surface area contributed by atoms with E-state index in [1.165, 1.54) is 38.5 Å². The van der Waals surface area contributed by atoms with E-state index in [0.717, 1.165) is 30.0 Å². The first-order valence-electron chi connectivity index (χ1n) is 18.0. The predicted octanol–water partition coefficient (Wildman–Crippen LogP) is 10.3. The zero-order chi connectivity index (χ0) is 33.1. The molecule has 0 aromatic heterocycles. The number of benzene rings is 1. The quantitative estimate of drug-likeness (QED) is 0.141. The normalized spacial score (nSPS) is 39.2. The van der Waals surface area contributed by atoms with Gasteiger partial charge in [-0.25, -0.2) is 0 Å². The standard InChI is InChI=1S/C37H65NO4Si3/c1-27(38-39-26-28-16-14-13-15-17-28)37(42-45(10,11)12)23-21-32-31-19-18-29-24-30(40-43(4,5)6)20-22-35(29,2)34(31)33(25-36(32,37)3)41-44(7,8)9/h13-17,29-34H,18-26H2,1-12H3. The minimum Gasteiger partial charge on any atom is -0.415 e. The summed E-state index contributed by atoms with van der Waals surface area (Å²) in [5, 5.41) is 4.89. The molecule has 5 rings (SSSR count). The van der Waals surface area contributed by atoms with Crippen LogP contribution in [0.25, 0.3) is 0 Å². The van der Waals surface area contributed by atoms with E-state index in [2.05, 4.69) is 104 Å². The summed E-state index contributed by atoms with van der Waals surface area (Å²) in [5.74, 6) is 2.59. The van der Waals surface area contributed by atoms with Crippen molar-refractivity contribution in [2.24, 2.45) is 39.7 Å². The third-order valence-electron chi connectivity index (χ3n) is 12.0. The fourth-order valence-electron chi connectivity index (χ4n) is 10.7. The Morgan fingerprint density at radius 1 is 0.822 bits per heavy atom. The van der Waals surface area contributed by atoms with E-state index in [-0.39, 0.29) is 11.5 Å². The predicted molar refractivity (Wildman–Crippen MR) is 195 cm³/mol. The Kier molecular flexibility index (Phi) is 9.94. The second-order valence-electron chi connectivity index (χ2n) is 18.6. The molecule has 0 radical (unpaired) electrons. The van der Waals surface area contributed by atoms with Crippen molar-refractivity contribution in [3.8, 4) is 0 Å². The lowest BCUT2D eigenvalue weighted by Crippen LogP contribution is -2.65. The lowest BCUT2D eigenvalue weighted by atomic mass is 9.43. The van der Waals surface area contributed by atoms with Gasteiger partial charge in [0, 0.05) is 17.6 Å². The van der Waals surface area contributed by atoms with Gasteiger partial charge in [-0.1, -0.05) is 49.3 Å². The Morgan fingerprint density at radius 3 is 2.11 bits per heavy atom. The molecule has 1 aromatic rings. The van der Waals surface area contributed by atoms with Crippen LogP contribution in [0.1, 0.15) is 77.7 Å². The van der Waals surface area contributed by atoms with Crippen LogP contribution in [0.2, 0.25) is 58.9 Å². The van der Waals surface area contributed by atoms with Crippen LogP contribution in [0.5, 0.6) is 0 Å². The molecule has 45 heavy (non-hydrogen) atoms. The molecule has 4 aliphatic rings. The number of hydrogen-bond acceptors (Lipinski definition) is 5. The van der Waals surface area contributed by atoms with Gasteiger partial charge in [-0.05, 0) is 152 Å². The van der Waals surface area contributed by atoms with Crippen LogP contribution in [0.4, 0.5) is 0 Å². The van der Waals surface area contributed by atoms with Crippen LogP contribution in [-0.2, 0) is 24.7 Å². The van der Waals surface area contributed by atoms with Crippen LogP contribution in [0.3, 0.4) is 0 Å². The van der Waals surface area contributed by atoms with Gasteiger partial charge < -0.3 is 18.1 Å². The molecule has 5 nitrogen and oxygen atoms in total. The first-order valence-corrected chi connectivity index (χ1v) is 28.3. The fraction of sp³-hybridized carbons (Fsp3) is 0.811. The monoisotopic (exact) mass is 671 g/mol. The Labute approximate surface area is 279 Å². The SMILES string of the molecule is CC(=NOCc1ccccc1)C1(O[Si](C)(C)C)CCC2C3CCC4CC(O[Si](C)(C)C)CCC4(C)C3C(O[Si](C)(C)C)CC21C. The van der Waals surface area contributed by atoms with Gasteiger partial charge >= 0.3 is 0 Å². The van der Waals surface area contributed by atoms with Crippen molar-refractivity contribution >= 4 is 30.7 Å². The Hall–Kier alpha value is -0.779. The number of nitrogens with zero attached hydrogens (tertiary/aromatic N) is 1. The molecule has 9 unspecified atom stereocenters. The van der Waals surface area contributed by atoms with Crippen LogP contribution >= 0.6 is 0 Å². The lowest BCUT2D eigenvalue weighted by Gasteiger charge is -2.65. The molecule has 4 saturated carbocycles. The summed E-state index contributed by atoms with van der Waals surface area (Å²) in [6, 6.07) is 10.4. The van der Waals surface area contributed by atoms with Crippen molar-refractivity contribution in [3.05, 3.63) is 35.9 Å². The molecule has 0 N–H and O–H groups in total. The first-order chi connectivity index (χ1) is 20.8. The maximum Gasteiger partial charge on any atom is 0.185 e. The molecule has 0 spiro atoms. The van der Waals surface area contributed by atoms with Crippen molar-refractivity contribution in [3.63, 3.8) is 0 Å². The number of hydrogen-bond donors (Lipinski definition) is 0. The van der Waals surface area contributed by atoms with Gasteiger partial charge in [-0.15, -0.1) is 0 Å². The molecule has 4 fully saturated rings. The highest BCUT2D eigenvalue weighted by Gasteiger charge is 2.69. The van der Waals surface area contributed by atoms with E-state index in [0.29, 0.717) is 35.9 Å². The number of rotatable bonds is 10. The van der Waals surface area contributed by atoms with Gasteiger partial charge in [0.15, 0.2) is 25.0 Å². The Balaban J connectivity index is 1.50. The summed E-state index contributed by atoms with van der Waals surface area (Å²) in [6.07, 6.45) is 10.3. The van der Waals surface area contributed by atoms with Crippen LogP contribution in [0, 0.1) is 34.5 Å². The lowest BCUT2D eigenvalue weighted by molar-refractivity contribution is -0.183. The summed E-state index contributed by atoms with van der Waals surface area (Å²) in [4.78, 5) is 6.09. The highest BCUT2D eigenvalue weighted by Crippen LogP contribution is 2.70. The van der Waals surface area contributed by atoms with Gasteiger partial charge in [0.2, 0.25) is 0 Å². The zero-order valence-electron chi connectivity index (χ0n) is 30.8. The molecular weight excluding hydrogens is 607 g/mol. The molecule has 8 heteroatoms. The third-order valence-corrected chi connectivity index (χ3v) is 15.0. The average Bonchev–Trinajstić information content (AvgIpc) is 3.18. The number of fused-ring (bicyclic) bond motifs is 5. The highest BCUT2D eigenvalue weighted by atomic mass is 28.4. The molecule has 254 valence electrons. The molecule has 0 saturated heterocycles. The van der Waals surface area contributed by atoms with Crippen LogP contribution < -0.4 is 0 Å². The maximum absolute atomic E-state index is 7.44. The minimum absolute atomic E-state index is 0.0518. The second-order valence-corrected chi connectivity index (χ2v) is 32.0. The molecular formula is C37H65NO4Si3. The number of oxime groups is 1. The van der Waals surface area contributed by atoms with Crippen molar-refractivity contribution in [1.82, 2.24) is 0 Å². The van der Waals surface area contributed by atoms with Crippen molar-refractivity contribution in [2.75, 3.05) is 0 Å². The van der Waals surface area contributed by atoms with Crippen molar-refractivity contribution in [1.29, 1.82) is 0 Å². The van der Waals surface area contributed by atoms with Crippen molar-refractivity contribution in [2.45, 2.75) is 155 Å². The summed E-state index contributed by atoms with van der Waals surface area (Å²) in [7, 11) is -5.32. The smallest absolute Gasteiger partial charge is 0.185 e. The molecule has 9 atom stereocenters. The maximum atomic E-state index is 7.44. The molecule has 0 bridgehead atoms. The zero-order valence-corrected chi connectivity index (χ0v) is 33.8. The molecule has 1 aromatic carbocycles. The van der Waals surface area contributed by atoms with Crippen molar-refractivity contribution < 1.29 is 18.1 Å². The van der Waals surface area contributed by atoms with E-state index in [1.807, 2.05) is 6.07 Å². The molecule has 0 amide bonds. The van der Waals surface area contributed by atoms with E-state index < -0.39 is 30.6 Å². The van der Waals surface area contributed by atoms with Gasteiger partial charge in [-0.3, -0.25) is 0 Å². The summed E-state index contributed by atoms with van der Waals surface area (Å²) in [6.45, 7) is 29.2. The van der Waals surface area contributed by atoms with Gasteiger partial charge in [0.25, 0.3) is 0 Å². The minimum atomic E-state index is -1.95. The second kappa shape index (κ2) is 12.6. The summed E-state index contributed by atoms with van der Waals surface area (Å²) >= 11 is 0. The Morgan fingerprint density at radius 2 is 1.49 bits per heavy atom. The molecule has 4 aliphatic carbocycles. The third kappa shape index (κ3) is 7.31. The summed E-state index contributed by atoms with van der Waals surface area (Å²) in [5.41, 5.74) is 2.00. The fourth-order valence-corrected chi connectivity index (χ4v) is 14.6. The van der Waals surface area contributed by atoms with E-state index in [9.17, 15) is 0 Å². The largest absolute Gasteiger partial charge is 0.415 e. The van der Waals surface area contributed by atoms with E-state index in [1.54, 1.807) is 0 Å². The van der Waals surface area contributed by atoms with Crippen LogP contribution in [0.15, 0.2) is 35.5 Å². The van der Waals surface area contributed by atoms with E-state index in [4.69, 9.17) is 23.3 Å². The van der Waals surface area contributed by atoms with E-state index >= 15 is 0 Å².